The Labute approximate surface area is 271 Å². The van der Waals surface area contributed by atoms with Gasteiger partial charge in [-0.05, 0) is 77.0 Å². The Bertz CT molecular complexity index is 513. The molecule has 43 heavy (non-hydrogen) atoms. The fraction of sp³-hybridized carbons (Fsp3) is 0.900. The second-order valence-electron chi connectivity index (χ2n) is 13.3. The lowest BCUT2D eigenvalue weighted by molar-refractivity contribution is 0.224. The average molecular weight is 606 g/mol. The van der Waals surface area contributed by atoms with Crippen LogP contribution < -0.4 is 5.32 Å². The summed E-state index contributed by atoms with van der Waals surface area (Å²) in [6.07, 6.45) is 48.3. The topological polar surface area (TPSA) is 52.5 Å². The summed E-state index contributed by atoms with van der Waals surface area (Å²) in [4.78, 5) is 0. The normalized spacial score (nSPS) is 13.5. The molecule has 0 heterocycles. The van der Waals surface area contributed by atoms with Crippen LogP contribution in [-0.2, 0) is 0 Å². The second kappa shape index (κ2) is 37.5. The van der Waals surface area contributed by atoms with Gasteiger partial charge in [0.2, 0.25) is 0 Å². The summed E-state index contributed by atoms with van der Waals surface area (Å²) in [5, 5.41) is 23.1. The van der Waals surface area contributed by atoms with Gasteiger partial charge in [0.25, 0.3) is 0 Å². The van der Waals surface area contributed by atoms with Gasteiger partial charge in [0, 0.05) is 25.3 Å². The van der Waals surface area contributed by atoms with E-state index in [4.69, 9.17) is 0 Å². The first kappa shape index (κ1) is 42.4. The summed E-state index contributed by atoms with van der Waals surface area (Å²) in [5.41, 5.74) is 0. The fourth-order valence-corrected chi connectivity index (χ4v) is 6.19. The van der Waals surface area contributed by atoms with Crippen molar-refractivity contribution in [1.82, 2.24) is 5.32 Å². The van der Waals surface area contributed by atoms with Crippen LogP contribution in [0.4, 0.5) is 0 Å². The number of aliphatic hydroxyl groups excluding tert-OH is 2. The van der Waals surface area contributed by atoms with Gasteiger partial charge < -0.3 is 15.5 Å². The minimum atomic E-state index is 0.252. The lowest BCUT2D eigenvalue weighted by Crippen LogP contribution is -2.39. The highest BCUT2D eigenvalue weighted by atomic mass is 16.3. The maximum Gasteiger partial charge on any atom is 0.0445 e. The molecular weight excluding hydrogens is 526 g/mol. The molecule has 0 radical (unpaired) electrons. The van der Waals surface area contributed by atoms with Gasteiger partial charge >= 0.3 is 0 Å². The van der Waals surface area contributed by atoms with Crippen LogP contribution in [0.2, 0.25) is 0 Å². The summed E-state index contributed by atoms with van der Waals surface area (Å²) < 4.78 is 0. The molecule has 3 heteroatoms. The minimum Gasteiger partial charge on any atom is -0.396 e. The van der Waals surface area contributed by atoms with Crippen LogP contribution in [0.3, 0.4) is 0 Å². The number of aliphatic hydroxyl groups is 2. The Hall–Kier alpha value is -0.640. The van der Waals surface area contributed by atoms with Crippen LogP contribution in [0.5, 0.6) is 0 Å². The standard InChI is InChI=1S/C40H79NO2/c1-3-5-7-9-11-13-15-17-19-21-23-25-27-29-31-33-39(35-37-42)41-40(36-38-43)34-32-30-28-26-24-22-20-18-16-14-12-10-8-6-4-2/h17-20,39-43H,3-16,21-38H2,1-2H3/b19-17-,20-18-. The summed E-state index contributed by atoms with van der Waals surface area (Å²) in [6, 6.07) is 0.768. The van der Waals surface area contributed by atoms with Gasteiger partial charge in [-0.2, -0.15) is 0 Å². The third-order valence-electron chi connectivity index (χ3n) is 9.06. The van der Waals surface area contributed by atoms with Gasteiger partial charge in [0.05, 0.1) is 0 Å². The Balaban J connectivity index is 3.81. The quantitative estimate of drug-likeness (QED) is 0.0492. The third-order valence-corrected chi connectivity index (χ3v) is 9.06. The molecule has 0 bridgehead atoms. The first-order valence-electron chi connectivity index (χ1n) is 19.6. The van der Waals surface area contributed by atoms with Crippen molar-refractivity contribution in [3.05, 3.63) is 24.3 Å². The van der Waals surface area contributed by atoms with E-state index in [9.17, 15) is 10.2 Å². The number of unbranched alkanes of at least 4 members (excludes halogenated alkanes) is 22. The zero-order valence-electron chi connectivity index (χ0n) is 29.5. The third kappa shape index (κ3) is 34.1. The summed E-state index contributed by atoms with van der Waals surface area (Å²) in [5.74, 6) is 0. The first-order chi connectivity index (χ1) is 21.3. The molecule has 0 rings (SSSR count). The van der Waals surface area contributed by atoms with Gasteiger partial charge in [-0.15, -0.1) is 0 Å². The van der Waals surface area contributed by atoms with Crippen molar-refractivity contribution >= 4 is 0 Å². The molecule has 0 aliphatic rings. The number of rotatable bonds is 36. The molecule has 0 saturated carbocycles. The molecule has 0 aromatic carbocycles. The van der Waals surface area contributed by atoms with E-state index < -0.39 is 0 Å². The molecule has 0 aliphatic heterocycles. The molecule has 0 aromatic rings. The van der Waals surface area contributed by atoms with E-state index >= 15 is 0 Å². The molecule has 0 spiro atoms. The molecule has 0 amide bonds. The average Bonchev–Trinajstić information content (AvgIpc) is 3.01. The molecule has 2 atom stereocenters. The molecule has 2 unspecified atom stereocenters. The van der Waals surface area contributed by atoms with Crippen LogP contribution >= 0.6 is 0 Å². The zero-order valence-corrected chi connectivity index (χ0v) is 29.5. The molecule has 256 valence electrons. The van der Waals surface area contributed by atoms with E-state index in [0.29, 0.717) is 12.1 Å². The number of allylic oxidation sites excluding steroid dienone is 4. The monoisotopic (exact) mass is 606 g/mol. The van der Waals surface area contributed by atoms with E-state index in [1.807, 2.05) is 0 Å². The maximum absolute atomic E-state index is 9.62. The van der Waals surface area contributed by atoms with Gasteiger partial charge in [0.15, 0.2) is 0 Å². The van der Waals surface area contributed by atoms with Crippen LogP contribution in [0, 0.1) is 0 Å². The van der Waals surface area contributed by atoms with Crippen molar-refractivity contribution in [2.45, 2.75) is 219 Å². The highest BCUT2D eigenvalue weighted by Gasteiger charge is 2.14. The van der Waals surface area contributed by atoms with Crippen molar-refractivity contribution in [2.75, 3.05) is 13.2 Å². The van der Waals surface area contributed by atoms with Crippen molar-refractivity contribution in [2.24, 2.45) is 0 Å². The number of hydrogen-bond acceptors (Lipinski definition) is 3. The predicted octanol–water partition coefficient (Wildman–Crippen LogP) is 12.2. The zero-order chi connectivity index (χ0) is 31.3. The van der Waals surface area contributed by atoms with Crippen LogP contribution in [0.1, 0.15) is 206 Å². The Morgan fingerprint density at radius 3 is 0.953 bits per heavy atom. The largest absolute Gasteiger partial charge is 0.396 e. The predicted molar refractivity (Wildman–Crippen MR) is 193 cm³/mol. The summed E-state index contributed by atoms with van der Waals surface area (Å²) in [7, 11) is 0. The fourth-order valence-electron chi connectivity index (χ4n) is 6.19. The highest BCUT2D eigenvalue weighted by molar-refractivity contribution is 4.82. The highest BCUT2D eigenvalue weighted by Crippen LogP contribution is 2.16. The molecular formula is C40H79NO2. The van der Waals surface area contributed by atoms with E-state index in [0.717, 1.165) is 25.7 Å². The lowest BCUT2D eigenvalue weighted by Gasteiger charge is -2.25. The van der Waals surface area contributed by atoms with Gasteiger partial charge in [0.1, 0.15) is 0 Å². The SMILES string of the molecule is CCCCCCCC/C=C\CCCCCCCC(CCO)NC(CCO)CCCCCCC/C=C\CCCCCCCC. The van der Waals surface area contributed by atoms with Gasteiger partial charge in [-0.1, -0.05) is 154 Å². The number of hydrogen-bond donors (Lipinski definition) is 3. The molecule has 0 aliphatic carbocycles. The van der Waals surface area contributed by atoms with Crippen LogP contribution in [0.25, 0.3) is 0 Å². The summed E-state index contributed by atoms with van der Waals surface area (Å²) >= 11 is 0. The smallest absolute Gasteiger partial charge is 0.0445 e. The summed E-state index contributed by atoms with van der Waals surface area (Å²) in [6.45, 7) is 5.07. The van der Waals surface area contributed by atoms with Crippen molar-refractivity contribution < 1.29 is 10.2 Å². The lowest BCUT2D eigenvalue weighted by atomic mass is 9.99. The van der Waals surface area contributed by atoms with Crippen molar-refractivity contribution in [3.63, 3.8) is 0 Å². The molecule has 0 aromatic heterocycles. The Morgan fingerprint density at radius 1 is 0.372 bits per heavy atom. The number of nitrogens with one attached hydrogen (secondary N) is 1. The molecule has 3 N–H and O–H groups in total. The van der Waals surface area contributed by atoms with E-state index in [2.05, 4.69) is 43.5 Å². The van der Waals surface area contributed by atoms with Gasteiger partial charge in [-0.3, -0.25) is 0 Å². The van der Waals surface area contributed by atoms with Crippen molar-refractivity contribution in [1.29, 1.82) is 0 Å². The molecule has 0 saturated heterocycles. The maximum atomic E-state index is 9.62. The van der Waals surface area contributed by atoms with E-state index in [-0.39, 0.29) is 13.2 Å². The Kier molecular flexibility index (Phi) is 37.0. The molecule has 0 fully saturated rings. The van der Waals surface area contributed by atoms with E-state index in [1.54, 1.807) is 0 Å². The minimum absolute atomic E-state index is 0.252. The van der Waals surface area contributed by atoms with Crippen LogP contribution in [-0.4, -0.2) is 35.5 Å². The van der Waals surface area contributed by atoms with E-state index in [1.165, 1.54) is 167 Å². The first-order valence-corrected chi connectivity index (χ1v) is 19.6. The van der Waals surface area contributed by atoms with Crippen LogP contribution in [0.15, 0.2) is 24.3 Å². The second-order valence-corrected chi connectivity index (χ2v) is 13.3. The molecule has 3 nitrogen and oxygen atoms in total. The van der Waals surface area contributed by atoms with Crippen molar-refractivity contribution in [3.8, 4) is 0 Å². The van der Waals surface area contributed by atoms with Gasteiger partial charge in [-0.25, -0.2) is 0 Å². The Morgan fingerprint density at radius 2 is 0.651 bits per heavy atom.